The van der Waals surface area contributed by atoms with E-state index in [2.05, 4.69) is 11.9 Å². The summed E-state index contributed by atoms with van der Waals surface area (Å²) in [5.74, 6) is 0.106. The summed E-state index contributed by atoms with van der Waals surface area (Å²) in [6.07, 6.45) is 7.82. The Bertz CT molecular complexity index is 705. The minimum Gasteiger partial charge on any atom is -0.444 e. The van der Waals surface area contributed by atoms with Gasteiger partial charge in [-0.05, 0) is 42.7 Å². The number of anilines is 2. The zero-order chi connectivity index (χ0) is 17.5. The molecule has 2 amide bonds. The Morgan fingerprint density at radius 1 is 1.42 bits per heavy atom. The van der Waals surface area contributed by atoms with E-state index in [9.17, 15) is 9.59 Å². The quantitative estimate of drug-likeness (QED) is 0.837. The van der Waals surface area contributed by atoms with E-state index in [1.807, 2.05) is 31.2 Å². The van der Waals surface area contributed by atoms with Crippen molar-refractivity contribution in [3.8, 4) is 0 Å². The molecule has 0 spiro atoms. The first-order valence-electron chi connectivity index (χ1n) is 7.82. The summed E-state index contributed by atoms with van der Waals surface area (Å²) >= 11 is 0. The number of benzene rings is 1. The molecular weight excluding hydrogens is 304 g/mol. The van der Waals surface area contributed by atoms with Gasteiger partial charge in [0.05, 0.1) is 0 Å². The molecular formula is C19H22N2O3. The van der Waals surface area contributed by atoms with Crippen LogP contribution in [0.4, 0.5) is 16.2 Å². The Kier molecular flexibility index (Phi) is 5.95. The third kappa shape index (κ3) is 4.35. The Morgan fingerprint density at radius 2 is 2.21 bits per heavy atom. The molecule has 0 atom stereocenters. The third-order valence-electron chi connectivity index (χ3n) is 3.86. The van der Waals surface area contributed by atoms with Crippen molar-refractivity contribution in [1.82, 2.24) is 0 Å². The van der Waals surface area contributed by atoms with Gasteiger partial charge in [0, 0.05) is 24.8 Å². The number of aryl methyl sites for hydroxylation is 1. The number of ether oxygens (including phenoxy) is 1. The van der Waals surface area contributed by atoms with Gasteiger partial charge >= 0.3 is 6.09 Å². The number of allylic oxidation sites excluding steroid dienone is 3. The number of hydrogen-bond donors (Lipinski definition) is 1. The predicted octanol–water partition coefficient (Wildman–Crippen LogP) is 3.83. The van der Waals surface area contributed by atoms with Crippen molar-refractivity contribution in [2.45, 2.75) is 19.8 Å². The lowest BCUT2D eigenvalue weighted by Gasteiger charge is -2.26. The molecule has 126 valence electrons. The number of hydrogen-bond acceptors (Lipinski definition) is 3. The van der Waals surface area contributed by atoms with Gasteiger partial charge in [0.25, 0.3) is 0 Å². The molecule has 2 rings (SSSR count). The van der Waals surface area contributed by atoms with Crippen molar-refractivity contribution in [2.24, 2.45) is 0 Å². The van der Waals surface area contributed by atoms with Crippen molar-refractivity contribution in [2.75, 3.05) is 23.9 Å². The van der Waals surface area contributed by atoms with Gasteiger partial charge in [0.15, 0.2) is 0 Å². The number of rotatable bonds is 5. The van der Waals surface area contributed by atoms with Crippen LogP contribution in [0, 0.1) is 0 Å². The zero-order valence-electron chi connectivity index (χ0n) is 14.0. The van der Waals surface area contributed by atoms with Crippen LogP contribution in [0.3, 0.4) is 0 Å². The first-order chi connectivity index (χ1) is 11.5. The van der Waals surface area contributed by atoms with Gasteiger partial charge in [0.2, 0.25) is 5.91 Å². The standard InChI is InChI=1S/C19H22N2O3/c1-4-6-7-14(5-2)13-24-19(23)20-16-9-10-17-15(12-16)8-11-18(22)21(17)3/h4-7,9-10,12H,1,8,11,13H2,2-3H3,(H,20,23)/b7-6-,14-5+. The van der Waals surface area contributed by atoms with Crippen LogP contribution in [0.15, 0.2) is 54.7 Å². The maximum atomic E-state index is 11.9. The predicted molar refractivity (Wildman–Crippen MR) is 96.2 cm³/mol. The number of fused-ring (bicyclic) bond motifs is 1. The fourth-order valence-electron chi connectivity index (χ4n) is 2.46. The molecule has 1 aliphatic heterocycles. The monoisotopic (exact) mass is 326 g/mol. The second-order valence-electron chi connectivity index (χ2n) is 5.46. The zero-order valence-corrected chi connectivity index (χ0v) is 14.0. The molecule has 1 aromatic carbocycles. The second-order valence-corrected chi connectivity index (χ2v) is 5.46. The summed E-state index contributed by atoms with van der Waals surface area (Å²) in [5, 5.41) is 2.72. The van der Waals surface area contributed by atoms with E-state index >= 15 is 0 Å². The molecule has 0 saturated heterocycles. The molecule has 1 heterocycles. The number of nitrogens with zero attached hydrogens (tertiary/aromatic N) is 1. The van der Waals surface area contributed by atoms with Crippen LogP contribution in [0.25, 0.3) is 0 Å². The average molecular weight is 326 g/mol. The van der Waals surface area contributed by atoms with Gasteiger partial charge in [-0.15, -0.1) is 0 Å². The Labute approximate surface area is 142 Å². The summed E-state index contributed by atoms with van der Waals surface area (Å²) in [6, 6.07) is 5.49. The van der Waals surface area contributed by atoms with Gasteiger partial charge in [-0.3, -0.25) is 10.1 Å². The number of carbonyl (C=O) groups is 2. The SMILES string of the molecule is C=C/C=C\C(=C/C)COC(=O)Nc1ccc2c(c1)CCC(=O)N2C. The van der Waals surface area contributed by atoms with Gasteiger partial charge in [-0.1, -0.05) is 30.9 Å². The highest BCUT2D eigenvalue weighted by Gasteiger charge is 2.21. The Morgan fingerprint density at radius 3 is 2.92 bits per heavy atom. The molecule has 0 saturated carbocycles. The van der Waals surface area contributed by atoms with Crippen LogP contribution in [0.5, 0.6) is 0 Å². The number of carbonyl (C=O) groups excluding carboxylic acids is 2. The van der Waals surface area contributed by atoms with Crippen LogP contribution in [0.1, 0.15) is 18.9 Å². The molecule has 0 fully saturated rings. The lowest BCUT2D eigenvalue weighted by atomic mass is 10.0. The largest absolute Gasteiger partial charge is 0.444 e. The van der Waals surface area contributed by atoms with Crippen molar-refractivity contribution in [3.05, 3.63) is 60.2 Å². The van der Waals surface area contributed by atoms with Crippen LogP contribution >= 0.6 is 0 Å². The average Bonchev–Trinajstić information content (AvgIpc) is 2.58. The van der Waals surface area contributed by atoms with Crippen LogP contribution in [-0.4, -0.2) is 25.7 Å². The highest BCUT2D eigenvalue weighted by molar-refractivity contribution is 5.96. The van der Waals surface area contributed by atoms with E-state index in [1.165, 1.54) is 0 Å². The summed E-state index contributed by atoms with van der Waals surface area (Å²) in [7, 11) is 1.76. The van der Waals surface area contributed by atoms with Crippen molar-refractivity contribution in [3.63, 3.8) is 0 Å². The number of amides is 2. The highest BCUT2D eigenvalue weighted by atomic mass is 16.5. The third-order valence-corrected chi connectivity index (χ3v) is 3.86. The normalized spacial score (nSPS) is 14.5. The first-order valence-corrected chi connectivity index (χ1v) is 7.82. The molecule has 0 bridgehead atoms. The van der Waals surface area contributed by atoms with E-state index in [0.717, 1.165) is 16.8 Å². The lowest BCUT2D eigenvalue weighted by Crippen LogP contribution is -2.31. The molecule has 0 unspecified atom stereocenters. The van der Waals surface area contributed by atoms with Gasteiger partial charge < -0.3 is 9.64 Å². The van der Waals surface area contributed by atoms with E-state index < -0.39 is 6.09 Å². The lowest BCUT2D eigenvalue weighted by molar-refractivity contribution is -0.118. The smallest absolute Gasteiger partial charge is 0.411 e. The van der Waals surface area contributed by atoms with E-state index in [-0.39, 0.29) is 12.5 Å². The minimum absolute atomic E-state index is 0.106. The molecule has 24 heavy (non-hydrogen) atoms. The first kappa shape index (κ1) is 17.5. The van der Waals surface area contributed by atoms with Gasteiger partial charge in [-0.25, -0.2) is 4.79 Å². The molecule has 0 aromatic heterocycles. The number of nitrogens with one attached hydrogen (secondary N) is 1. The maximum absolute atomic E-state index is 11.9. The van der Waals surface area contributed by atoms with Gasteiger partial charge in [0.1, 0.15) is 6.61 Å². The summed E-state index contributed by atoms with van der Waals surface area (Å²) in [6.45, 7) is 5.67. The van der Waals surface area contributed by atoms with Crippen LogP contribution < -0.4 is 10.2 Å². The molecule has 0 radical (unpaired) electrons. The molecule has 1 aliphatic rings. The van der Waals surface area contributed by atoms with E-state index in [1.54, 1.807) is 30.2 Å². The summed E-state index contributed by atoms with van der Waals surface area (Å²) in [4.78, 5) is 25.3. The van der Waals surface area contributed by atoms with E-state index in [0.29, 0.717) is 18.5 Å². The van der Waals surface area contributed by atoms with Crippen molar-refractivity contribution >= 4 is 23.4 Å². The topological polar surface area (TPSA) is 58.6 Å². The van der Waals surface area contributed by atoms with Crippen LogP contribution in [0.2, 0.25) is 0 Å². The molecule has 0 aliphatic carbocycles. The summed E-state index contributed by atoms with van der Waals surface area (Å²) in [5.41, 5.74) is 3.47. The molecule has 5 heteroatoms. The van der Waals surface area contributed by atoms with Crippen LogP contribution in [-0.2, 0) is 16.0 Å². The fourth-order valence-corrected chi connectivity index (χ4v) is 2.46. The Balaban J connectivity index is 1.96. The molecule has 1 N–H and O–H groups in total. The molecule has 5 nitrogen and oxygen atoms in total. The second kappa shape index (κ2) is 8.15. The highest BCUT2D eigenvalue weighted by Crippen LogP contribution is 2.29. The fraction of sp³-hybridized carbons (Fsp3) is 0.263. The summed E-state index contributed by atoms with van der Waals surface area (Å²) < 4.78 is 5.21. The Hall–Kier alpha value is -2.82. The van der Waals surface area contributed by atoms with Gasteiger partial charge in [-0.2, -0.15) is 0 Å². The van der Waals surface area contributed by atoms with E-state index in [4.69, 9.17) is 4.74 Å². The van der Waals surface area contributed by atoms with Crippen molar-refractivity contribution < 1.29 is 14.3 Å². The maximum Gasteiger partial charge on any atom is 0.411 e. The van der Waals surface area contributed by atoms with Crippen molar-refractivity contribution in [1.29, 1.82) is 0 Å². The minimum atomic E-state index is -0.512. The molecule has 1 aromatic rings.